The zero-order valence-electron chi connectivity index (χ0n) is 9.87. The first-order valence-electron chi connectivity index (χ1n) is 5.33. The summed E-state index contributed by atoms with van der Waals surface area (Å²) < 4.78 is 12.9. The molecule has 2 unspecified atom stereocenters. The molecule has 2 nitrogen and oxygen atoms in total. The maximum absolute atomic E-state index is 12.0. The fourth-order valence-corrected chi connectivity index (χ4v) is 2.91. The van der Waals surface area contributed by atoms with Crippen LogP contribution >= 0.6 is 15.9 Å². The van der Waals surface area contributed by atoms with Crippen LogP contribution in [0.5, 0.6) is 0 Å². The third-order valence-corrected chi connectivity index (χ3v) is 5.44. The Hall–Kier alpha value is -0.350. The summed E-state index contributed by atoms with van der Waals surface area (Å²) in [4.78, 5) is 0. The van der Waals surface area contributed by atoms with Crippen LogP contribution in [0.3, 0.4) is 0 Å². The molecule has 0 bridgehead atoms. The molecule has 0 saturated carbocycles. The van der Waals surface area contributed by atoms with Gasteiger partial charge >= 0.3 is 0 Å². The molecule has 0 aliphatic carbocycles. The normalized spacial score (nSPS) is 15.1. The van der Waals surface area contributed by atoms with E-state index in [2.05, 4.69) is 29.8 Å². The minimum atomic E-state index is -0.832. The zero-order chi connectivity index (χ0) is 12.3. The molecule has 2 atom stereocenters. The summed E-state index contributed by atoms with van der Waals surface area (Å²) in [5.41, 5.74) is 7.52. The van der Waals surface area contributed by atoms with E-state index in [1.54, 1.807) is 0 Å². The van der Waals surface area contributed by atoms with Gasteiger partial charge in [0, 0.05) is 32.0 Å². The standard InChI is InChI=1S/C12H18BrNOS/c1-8(2)9(3)16(15)7-10-4-5-11(13)12(14)6-10/h4-6,8-9H,7,14H2,1-3H3. The van der Waals surface area contributed by atoms with Gasteiger partial charge in [0.25, 0.3) is 0 Å². The van der Waals surface area contributed by atoms with Crippen LogP contribution in [0.2, 0.25) is 0 Å². The fourth-order valence-electron chi connectivity index (χ4n) is 1.28. The van der Waals surface area contributed by atoms with Crippen molar-refractivity contribution in [1.29, 1.82) is 0 Å². The number of hydrogen-bond donors (Lipinski definition) is 1. The van der Waals surface area contributed by atoms with Gasteiger partial charge in [-0.05, 0) is 39.5 Å². The van der Waals surface area contributed by atoms with E-state index in [0.717, 1.165) is 10.0 Å². The van der Waals surface area contributed by atoms with Gasteiger partial charge in [0.05, 0.1) is 0 Å². The average molecular weight is 304 g/mol. The SMILES string of the molecule is CC(C)C(C)S(=O)Cc1ccc(Br)c(N)c1. The number of nitrogen functional groups attached to an aromatic ring is 1. The summed E-state index contributed by atoms with van der Waals surface area (Å²) in [7, 11) is -0.832. The number of halogens is 1. The second-order valence-corrected chi connectivity index (χ2v) is 6.98. The molecule has 0 aliphatic rings. The largest absolute Gasteiger partial charge is 0.398 e. The van der Waals surface area contributed by atoms with E-state index in [4.69, 9.17) is 5.73 Å². The highest BCUT2D eigenvalue weighted by atomic mass is 79.9. The summed E-state index contributed by atoms with van der Waals surface area (Å²) in [6.07, 6.45) is 0. The predicted octanol–water partition coefficient (Wildman–Crippen LogP) is 3.32. The summed E-state index contributed by atoms with van der Waals surface area (Å²) in [6, 6.07) is 5.75. The summed E-state index contributed by atoms with van der Waals surface area (Å²) in [5, 5.41) is 0.213. The molecular weight excluding hydrogens is 286 g/mol. The lowest BCUT2D eigenvalue weighted by molar-refractivity contribution is 0.605. The number of benzene rings is 1. The van der Waals surface area contributed by atoms with Gasteiger partial charge in [-0.15, -0.1) is 0 Å². The van der Waals surface area contributed by atoms with Crippen LogP contribution in [0.1, 0.15) is 26.3 Å². The molecule has 16 heavy (non-hydrogen) atoms. The Morgan fingerprint density at radius 2 is 2.00 bits per heavy atom. The minimum absolute atomic E-state index is 0.213. The molecular formula is C12H18BrNOS. The molecule has 90 valence electrons. The molecule has 0 radical (unpaired) electrons. The molecule has 1 aromatic rings. The van der Waals surface area contributed by atoms with Crippen LogP contribution in [0.15, 0.2) is 22.7 Å². The average Bonchev–Trinajstić information content (AvgIpc) is 2.22. The maximum Gasteiger partial charge on any atom is 0.0489 e. The van der Waals surface area contributed by atoms with Crippen LogP contribution in [-0.2, 0) is 16.6 Å². The third-order valence-electron chi connectivity index (χ3n) is 2.72. The quantitative estimate of drug-likeness (QED) is 0.867. The Morgan fingerprint density at radius 1 is 1.38 bits per heavy atom. The molecule has 0 aromatic heterocycles. The minimum Gasteiger partial charge on any atom is -0.398 e. The Morgan fingerprint density at radius 3 is 2.50 bits per heavy atom. The Labute approximate surface area is 108 Å². The first-order chi connectivity index (χ1) is 7.41. The first kappa shape index (κ1) is 13.7. The van der Waals surface area contributed by atoms with Gasteiger partial charge in [-0.3, -0.25) is 4.21 Å². The van der Waals surface area contributed by atoms with Crippen LogP contribution < -0.4 is 5.73 Å². The van der Waals surface area contributed by atoms with Crippen LogP contribution in [0.4, 0.5) is 5.69 Å². The van der Waals surface area contributed by atoms with E-state index in [-0.39, 0.29) is 5.25 Å². The van der Waals surface area contributed by atoms with Crippen LogP contribution in [0, 0.1) is 5.92 Å². The molecule has 0 amide bonds. The van der Waals surface area contributed by atoms with Crippen molar-refractivity contribution in [3.05, 3.63) is 28.2 Å². The Balaban J connectivity index is 2.74. The second kappa shape index (κ2) is 5.82. The molecule has 0 saturated heterocycles. The molecule has 0 fully saturated rings. The third kappa shape index (κ3) is 3.59. The maximum atomic E-state index is 12.0. The van der Waals surface area contributed by atoms with Gasteiger partial charge in [-0.25, -0.2) is 0 Å². The summed E-state index contributed by atoms with van der Waals surface area (Å²) in [6.45, 7) is 6.22. The highest BCUT2D eigenvalue weighted by Crippen LogP contribution is 2.22. The molecule has 0 heterocycles. The highest BCUT2D eigenvalue weighted by molar-refractivity contribution is 9.10. The smallest absolute Gasteiger partial charge is 0.0489 e. The van der Waals surface area contributed by atoms with Gasteiger partial charge in [-0.2, -0.15) is 0 Å². The lowest BCUT2D eigenvalue weighted by atomic mass is 10.2. The number of rotatable bonds is 4. The van der Waals surface area contributed by atoms with Crippen molar-refractivity contribution >= 4 is 32.4 Å². The molecule has 2 N–H and O–H groups in total. The Bertz CT molecular complexity index is 393. The van der Waals surface area contributed by atoms with Gasteiger partial charge in [-0.1, -0.05) is 26.8 Å². The first-order valence-corrected chi connectivity index (χ1v) is 7.50. The topological polar surface area (TPSA) is 43.1 Å². The van der Waals surface area contributed by atoms with Crippen molar-refractivity contribution in [2.45, 2.75) is 31.8 Å². The summed E-state index contributed by atoms with van der Waals surface area (Å²) >= 11 is 3.35. The lowest BCUT2D eigenvalue weighted by Crippen LogP contribution is -2.18. The van der Waals surface area contributed by atoms with Crippen LogP contribution in [0.25, 0.3) is 0 Å². The second-order valence-electron chi connectivity index (χ2n) is 4.33. The van der Waals surface area contributed by atoms with Crippen molar-refractivity contribution in [1.82, 2.24) is 0 Å². The van der Waals surface area contributed by atoms with Crippen molar-refractivity contribution in [2.75, 3.05) is 5.73 Å². The zero-order valence-corrected chi connectivity index (χ0v) is 12.3. The van der Waals surface area contributed by atoms with Crippen molar-refractivity contribution in [2.24, 2.45) is 5.92 Å². The van der Waals surface area contributed by atoms with Gasteiger partial charge in [0.1, 0.15) is 0 Å². The van der Waals surface area contributed by atoms with Gasteiger partial charge in [0.2, 0.25) is 0 Å². The molecule has 1 rings (SSSR count). The van der Waals surface area contributed by atoms with Crippen molar-refractivity contribution in [3.8, 4) is 0 Å². The van der Waals surface area contributed by atoms with E-state index in [1.165, 1.54) is 0 Å². The van der Waals surface area contributed by atoms with E-state index in [9.17, 15) is 4.21 Å². The summed E-state index contributed by atoms with van der Waals surface area (Å²) in [5.74, 6) is 1.02. The van der Waals surface area contributed by atoms with Crippen molar-refractivity contribution in [3.63, 3.8) is 0 Å². The fraction of sp³-hybridized carbons (Fsp3) is 0.500. The van der Waals surface area contributed by atoms with E-state index < -0.39 is 10.8 Å². The van der Waals surface area contributed by atoms with Gasteiger partial charge in [0.15, 0.2) is 0 Å². The number of anilines is 1. The van der Waals surface area contributed by atoms with E-state index in [1.807, 2.05) is 25.1 Å². The molecule has 4 heteroatoms. The van der Waals surface area contributed by atoms with Gasteiger partial charge < -0.3 is 5.73 Å². The van der Waals surface area contributed by atoms with E-state index >= 15 is 0 Å². The predicted molar refractivity (Wildman–Crippen MR) is 74.7 cm³/mol. The van der Waals surface area contributed by atoms with Crippen molar-refractivity contribution < 1.29 is 4.21 Å². The highest BCUT2D eigenvalue weighted by Gasteiger charge is 2.15. The lowest BCUT2D eigenvalue weighted by Gasteiger charge is -2.15. The molecule has 0 spiro atoms. The van der Waals surface area contributed by atoms with Crippen LogP contribution in [-0.4, -0.2) is 9.46 Å². The molecule has 1 aromatic carbocycles. The number of hydrogen-bond acceptors (Lipinski definition) is 2. The number of nitrogens with two attached hydrogens (primary N) is 1. The monoisotopic (exact) mass is 303 g/mol. The molecule has 0 aliphatic heterocycles. The Kier molecular flexibility index (Phi) is 4.99. The van der Waals surface area contributed by atoms with E-state index in [0.29, 0.717) is 17.4 Å².